The third-order valence-electron chi connectivity index (χ3n) is 6.16. The number of nitrogens with zero attached hydrogens (tertiary/aromatic N) is 2. The maximum Gasteiger partial charge on any atom is 0.245 e. The summed E-state index contributed by atoms with van der Waals surface area (Å²) >= 11 is 3.38. The second kappa shape index (κ2) is 9.71. The molecule has 0 spiro atoms. The Morgan fingerprint density at radius 3 is 2.62 bits per heavy atom. The van der Waals surface area contributed by atoms with Gasteiger partial charge in [0.05, 0.1) is 11.6 Å². The van der Waals surface area contributed by atoms with Crippen molar-refractivity contribution in [3.05, 3.63) is 52.0 Å². The molecule has 4 rings (SSSR count). The van der Waals surface area contributed by atoms with Gasteiger partial charge in [-0.25, -0.2) is 17.2 Å². The molecule has 34 heavy (non-hydrogen) atoms. The van der Waals surface area contributed by atoms with Gasteiger partial charge in [0.2, 0.25) is 21.8 Å². The Morgan fingerprint density at radius 2 is 1.91 bits per heavy atom. The molecule has 1 fully saturated rings. The number of carbonyl (C=O) groups is 2. The summed E-state index contributed by atoms with van der Waals surface area (Å²) in [5.74, 6) is -3.39. The molecule has 182 valence electrons. The van der Waals surface area contributed by atoms with Gasteiger partial charge in [0, 0.05) is 42.3 Å². The zero-order chi connectivity index (χ0) is 24.6. The van der Waals surface area contributed by atoms with E-state index in [0.29, 0.717) is 36.0 Å². The van der Waals surface area contributed by atoms with Crippen molar-refractivity contribution in [3.63, 3.8) is 0 Å². The van der Waals surface area contributed by atoms with Crippen molar-refractivity contribution in [1.29, 1.82) is 0 Å². The Kier molecular flexibility index (Phi) is 7.07. The van der Waals surface area contributed by atoms with Crippen LogP contribution in [-0.2, 0) is 26.0 Å². The van der Waals surface area contributed by atoms with Crippen LogP contribution in [0.25, 0.3) is 0 Å². The van der Waals surface area contributed by atoms with E-state index >= 15 is 0 Å². The van der Waals surface area contributed by atoms with Gasteiger partial charge in [-0.2, -0.15) is 4.31 Å². The van der Waals surface area contributed by atoms with Crippen LogP contribution < -0.4 is 10.2 Å². The van der Waals surface area contributed by atoms with Crippen molar-refractivity contribution >= 4 is 49.1 Å². The second-order valence-electron chi connectivity index (χ2n) is 8.38. The molecule has 0 radical (unpaired) electrons. The minimum Gasteiger partial charge on any atom is -0.326 e. The number of sulfonamides is 1. The zero-order valence-electron chi connectivity index (χ0n) is 18.5. The average molecular weight is 556 g/mol. The van der Waals surface area contributed by atoms with Gasteiger partial charge in [-0.3, -0.25) is 9.59 Å². The van der Waals surface area contributed by atoms with E-state index < -0.39 is 33.5 Å². The van der Waals surface area contributed by atoms with E-state index in [1.165, 1.54) is 21.3 Å². The number of carbonyl (C=O) groups excluding carboxylic acids is 2. The minimum atomic E-state index is -4.02. The Labute approximate surface area is 205 Å². The number of fused-ring (bicyclic) bond motifs is 1. The lowest BCUT2D eigenvalue weighted by molar-refractivity contribution is -0.121. The number of anilines is 2. The van der Waals surface area contributed by atoms with Crippen LogP contribution in [0.1, 0.15) is 31.7 Å². The van der Waals surface area contributed by atoms with Gasteiger partial charge in [-0.1, -0.05) is 22.9 Å². The number of rotatable bonds is 5. The molecule has 1 unspecified atom stereocenters. The molecule has 2 aromatic carbocycles. The smallest absolute Gasteiger partial charge is 0.245 e. The molecule has 2 aromatic rings. The van der Waals surface area contributed by atoms with E-state index in [2.05, 4.69) is 21.2 Å². The zero-order valence-corrected chi connectivity index (χ0v) is 20.9. The van der Waals surface area contributed by atoms with Crippen LogP contribution in [0.3, 0.4) is 0 Å². The summed E-state index contributed by atoms with van der Waals surface area (Å²) in [6, 6.07) is 6.37. The van der Waals surface area contributed by atoms with Crippen LogP contribution in [0.5, 0.6) is 0 Å². The first-order valence-electron chi connectivity index (χ1n) is 11.0. The van der Waals surface area contributed by atoms with Crippen LogP contribution in [0.4, 0.5) is 20.2 Å². The maximum atomic E-state index is 13.7. The molecule has 7 nitrogen and oxygen atoms in total. The topological polar surface area (TPSA) is 86.8 Å². The fourth-order valence-corrected chi connectivity index (χ4v) is 6.88. The summed E-state index contributed by atoms with van der Waals surface area (Å²) in [4.78, 5) is 26.8. The lowest BCUT2D eigenvalue weighted by atomic mass is 9.98. The summed E-state index contributed by atoms with van der Waals surface area (Å²) in [7, 11) is -4.02. The quantitative estimate of drug-likeness (QED) is 0.602. The highest BCUT2D eigenvalue weighted by Gasteiger charge is 2.38. The third kappa shape index (κ3) is 4.73. The molecule has 2 amide bonds. The molecule has 2 aliphatic rings. The molecule has 11 heteroatoms. The predicted molar refractivity (Wildman–Crippen MR) is 127 cm³/mol. The lowest BCUT2D eigenvalue weighted by Gasteiger charge is -2.32. The van der Waals surface area contributed by atoms with Crippen molar-refractivity contribution in [1.82, 2.24) is 4.31 Å². The highest BCUT2D eigenvalue weighted by Crippen LogP contribution is 2.40. The van der Waals surface area contributed by atoms with E-state index in [4.69, 9.17) is 0 Å². The number of hydrogen-bond acceptors (Lipinski definition) is 4. The number of benzene rings is 2. The molecule has 0 aliphatic carbocycles. The molecular formula is C23H24BrF2N3O4S. The average Bonchev–Trinajstić information content (AvgIpc) is 3.24. The highest BCUT2D eigenvalue weighted by molar-refractivity contribution is 9.10. The van der Waals surface area contributed by atoms with E-state index in [1.807, 2.05) is 6.07 Å². The Morgan fingerprint density at radius 1 is 1.15 bits per heavy atom. The van der Waals surface area contributed by atoms with Gasteiger partial charge in [-0.15, -0.1) is 0 Å². The molecule has 2 aliphatic heterocycles. The molecule has 1 N–H and O–H groups in total. The van der Waals surface area contributed by atoms with Crippen LogP contribution in [0.15, 0.2) is 39.7 Å². The third-order valence-corrected chi connectivity index (χ3v) is 8.49. The van der Waals surface area contributed by atoms with E-state index in [1.54, 1.807) is 6.92 Å². The lowest BCUT2D eigenvalue weighted by Crippen LogP contribution is -2.44. The van der Waals surface area contributed by atoms with Crippen molar-refractivity contribution < 1.29 is 26.8 Å². The van der Waals surface area contributed by atoms with Crippen molar-refractivity contribution in [2.24, 2.45) is 5.92 Å². The van der Waals surface area contributed by atoms with Crippen molar-refractivity contribution in [2.75, 3.05) is 29.9 Å². The van der Waals surface area contributed by atoms with Crippen LogP contribution in [0.2, 0.25) is 0 Å². The summed E-state index contributed by atoms with van der Waals surface area (Å²) in [6.07, 6.45) is 1.73. The fraction of sp³-hybridized carbons (Fsp3) is 0.391. The first-order chi connectivity index (χ1) is 16.1. The van der Waals surface area contributed by atoms with Gasteiger partial charge in [0.15, 0.2) is 11.6 Å². The molecule has 2 heterocycles. The fourth-order valence-electron chi connectivity index (χ4n) is 4.44. The number of halogens is 3. The summed E-state index contributed by atoms with van der Waals surface area (Å²) in [5, 5.41) is 2.54. The Hall–Kier alpha value is -2.37. The standard InChI is InChI=1S/C23H24BrF2N3O4S/c1-2-21(30)29-9-7-14-10-16(24)11-20(22(14)29)34(32,33)28-8-3-4-15(13-28)23(31)27-17-5-6-18(25)19(26)12-17/h5-6,10-12,15H,2-4,7-9,13H2,1H3,(H,27,31). The number of nitrogens with one attached hydrogen (secondary N) is 1. The van der Waals surface area contributed by atoms with Crippen LogP contribution in [-0.4, -0.2) is 44.2 Å². The first kappa shape index (κ1) is 24.7. The van der Waals surface area contributed by atoms with Gasteiger partial charge in [-0.05, 0) is 49.1 Å². The Bertz CT molecular complexity index is 1260. The minimum absolute atomic E-state index is 0.0397. The summed E-state index contributed by atoms with van der Waals surface area (Å²) < 4.78 is 55.9. The Balaban J connectivity index is 1.59. The SMILES string of the molecule is CCC(=O)N1CCc2cc(Br)cc(S(=O)(=O)N3CCCC(C(=O)Nc4ccc(F)c(F)c4)C3)c21. The normalized spacial score (nSPS) is 18.6. The molecular weight excluding hydrogens is 532 g/mol. The molecule has 0 bridgehead atoms. The number of piperidine rings is 1. The molecule has 1 saturated heterocycles. The van der Waals surface area contributed by atoms with Gasteiger partial charge < -0.3 is 10.2 Å². The van der Waals surface area contributed by atoms with E-state index in [0.717, 1.165) is 17.7 Å². The van der Waals surface area contributed by atoms with Gasteiger partial charge in [0.1, 0.15) is 4.90 Å². The summed E-state index contributed by atoms with van der Waals surface area (Å²) in [6.45, 7) is 2.33. The second-order valence-corrected chi connectivity index (χ2v) is 11.2. The molecule has 0 aromatic heterocycles. The van der Waals surface area contributed by atoms with Gasteiger partial charge >= 0.3 is 0 Å². The van der Waals surface area contributed by atoms with Crippen molar-refractivity contribution in [2.45, 2.75) is 37.5 Å². The first-order valence-corrected chi connectivity index (χ1v) is 13.2. The van der Waals surface area contributed by atoms with E-state index in [9.17, 15) is 26.8 Å². The molecule has 1 atom stereocenters. The highest BCUT2D eigenvalue weighted by atomic mass is 79.9. The number of hydrogen-bond donors (Lipinski definition) is 1. The predicted octanol–water partition coefficient (Wildman–Crippen LogP) is 4.07. The van der Waals surface area contributed by atoms with E-state index in [-0.39, 0.29) is 36.0 Å². The van der Waals surface area contributed by atoms with Gasteiger partial charge in [0.25, 0.3) is 0 Å². The largest absolute Gasteiger partial charge is 0.326 e. The maximum absolute atomic E-state index is 13.7. The van der Waals surface area contributed by atoms with Crippen molar-refractivity contribution in [3.8, 4) is 0 Å². The number of amides is 2. The molecule has 0 saturated carbocycles. The monoisotopic (exact) mass is 555 g/mol. The van der Waals surface area contributed by atoms with Crippen LogP contribution >= 0.6 is 15.9 Å². The van der Waals surface area contributed by atoms with Crippen LogP contribution in [0, 0.1) is 17.6 Å². The summed E-state index contributed by atoms with van der Waals surface area (Å²) in [5.41, 5.74) is 1.28.